The van der Waals surface area contributed by atoms with Crippen LogP contribution in [0.5, 0.6) is 0 Å². The van der Waals surface area contributed by atoms with Crippen molar-refractivity contribution in [2.24, 2.45) is 11.8 Å². The number of aromatic nitrogens is 1. The smallest absolute Gasteiger partial charge is 0.197 e. The predicted molar refractivity (Wildman–Crippen MR) is 109 cm³/mol. The molecule has 2 heterocycles. The zero-order chi connectivity index (χ0) is 18.1. The van der Waals surface area contributed by atoms with Crippen LogP contribution in [0.3, 0.4) is 0 Å². The first-order valence-electron chi connectivity index (χ1n) is 9.81. The number of hydrogen-bond acceptors (Lipinski definition) is 2. The monoisotopic (exact) mass is 346 g/mol. The number of benzene rings is 2. The summed E-state index contributed by atoms with van der Waals surface area (Å²) in [5, 5.41) is 5.35. The molecular formula is C23H26N2O. The number of aromatic amines is 1. The molecule has 3 aromatic rings. The Labute approximate surface area is 153 Å². The Hall–Kier alpha value is -2.29. The van der Waals surface area contributed by atoms with E-state index in [0.29, 0.717) is 12.0 Å². The molecule has 3 atom stereocenters. The van der Waals surface area contributed by atoms with Crippen LogP contribution in [-0.4, -0.2) is 11.0 Å². The second-order valence-electron chi connectivity index (χ2n) is 8.94. The quantitative estimate of drug-likeness (QED) is 0.550. The first-order chi connectivity index (χ1) is 12.4. The van der Waals surface area contributed by atoms with Gasteiger partial charge in [-0.2, -0.15) is 0 Å². The van der Waals surface area contributed by atoms with Gasteiger partial charge in [0.1, 0.15) is 0 Å². The van der Waals surface area contributed by atoms with Crippen molar-refractivity contribution in [1.82, 2.24) is 4.98 Å². The normalized spacial score (nSPS) is 27.0. The minimum atomic E-state index is 0.113. The van der Waals surface area contributed by atoms with Gasteiger partial charge in [0.15, 0.2) is 5.43 Å². The topological polar surface area (TPSA) is 44.9 Å². The van der Waals surface area contributed by atoms with Crippen LogP contribution in [-0.2, 0) is 5.41 Å². The van der Waals surface area contributed by atoms with Crippen molar-refractivity contribution in [3.8, 4) is 0 Å². The first kappa shape index (κ1) is 15.9. The third kappa shape index (κ3) is 2.16. The maximum atomic E-state index is 13.0. The maximum absolute atomic E-state index is 13.0. The maximum Gasteiger partial charge on any atom is 0.197 e. The van der Waals surface area contributed by atoms with E-state index in [2.05, 4.69) is 43.2 Å². The Morgan fingerprint density at radius 3 is 2.69 bits per heavy atom. The highest BCUT2D eigenvalue weighted by molar-refractivity contribution is 5.95. The zero-order valence-corrected chi connectivity index (χ0v) is 15.7. The van der Waals surface area contributed by atoms with Crippen LogP contribution in [0.2, 0.25) is 0 Å². The Morgan fingerprint density at radius 2 is 1.85 bits per heavy atom. The van der Waals surface area contributed by atoms with Crippen LogP contribution < -0.4 is 10.7 Å². The van der Waals surface area contributed by atoms with Crippen molar-refractivity contribution < 1.29 is 0 Å². The van der Waals surface area contributed by atoms with Crippen molar-refractivity contribution >= 4 is 27.5 Å². The van der Waals surface area contributed by atoms with Crippen molar-refractivity contribution in [2.75, 3.05) is 5.32 Å². The van der Waals surface area contributed by atoms with Crippen LogP contribution in [0.15, 0.2) is 41.2 Å². The van der Waals surface area contributed by atoms with Crippen LogP contribution in [0.1, 0.15) is 45.6 Å². The van der Waals surface area contributed by atoms with Gasteiger partial charge < -0.3 is 10.3 Å². The molecule has 1 saturated carbocycles. The zero-order valence-electron chi connectivity index (χ0n) is 15.7. The lowest BCUT2D eigenvalue weighted by molar-refractivity contribution is 0.174. The molecule has 2 N–H and O–H groups in total. The average molecular weight is 346 g/mol. The summed E-state index contributed by atoms with van der Waals surface area (Å²) in [5.74, 6) is 1.42. The average Bonchev–Trinajstić information content (AvgIpc) is 2.61. The van der Waals surface area contributed by atoms with E-state index >= 15 is 0 Å². The van der Waals surface area contributed by atoms with E-state index in [1.54, 1.807) is 0 Å². The van der Waals surface area contributed by atoms with Crippen molar-refractivity contribution in [2.45, 2.75) is 51.5 Å². The molecule has 2 aromatic carbocycles. The summed E-state index contributed by atoms with van der Waals surface area (Å²) < 4.78 is 0. The molecule has 0 bridgehead atoms. The molecule has 5 rings (SSSR count). The number of hydrogen-bond donors (Lipinski definition) is 2. The SMILES string of the molecule is CC1CCC2C(C1)Nc1cc3c(=O)c4ccccc4[nH]c3cc1C2(C)C. The van der Waals surface area contributed by atoms with Gasteiger partial charge in [-0.3, -0.25) is 4.79 Å². The van der Waals surface area contributed by atoms with Crippen LogP contribution in [0, 0.1) is 11.8 Å². The molecule has 1 aromatic heterocycles. The number of H-pyrrole nitrogens is 1. The minimum Gasteiger partial charge on any atom is -0.382 e. The van der Waals surface area contributed by atoms with Gasteiger partial charge in [-0.25, -0.2) is 0 Å². The molecule has 3 unspecified atom stereocenters. The van der Waals surface area contributed by atoms with Crippen LogP contribution >= 0.6 is 0 Å². The molecule has 0 spiro atoms. The summed E-state index contributed by atoms with van der Waals surface area (Å²) in [4.78, 5) is 16.5. The van der Waals surface area contributed by atoms with Gasteiger partial charge in [0.05, 0.1) is 5.52 Å². The summed E-state index contributed by atoms with van der Waals surface area (Å²) in [6.45, 7) is 7.12. The fourth-order valence-corrected chi connectivity index (χ4v) is 5.43. The molecule has 3 heteroatoms. The predicted octanol–water partition coefficient (Wildman–Crippen LogP) is 5.19. The molecule has 2 aliphatic rings. The molecule has 3 nitrogen and oxygen atoms in total. The highest BCUT2D eigenvalue weighted by Crippen LogP contribution is 2.49. The van der Waals surface area contributed by atoms with Crippen molar-refractivity contribution in [3.05, 3.63) is 52.2 Å². The van der Waals surface area contributed by atoms with Crippen LogP contribution in [0.25, 0.3) is 21.8 Å². The van der Waals surface area contributed by atoms with E-state index in [1.165, 1.54) is 24.8 Å². The van der Waals surface area contributed by atoms with E-state index in [1.807, 2.05) is 24.3 Å². The van der Waals surface area contributed by atoms with Crippen LogP contribution in [0.4, 0.5) is 5.69 Å². The Bertz CT molecular complexity index is 1080. The second-order valence-corrected chi connectivity index (χ2v) is 8.94. The summed E-state index contributed by atoms with van der Waals surface area (Å²) in [6.07, 6.45) is 3.81. The van der Waals surface area contributed by atoms with Gasteiger partial charge in [-0.05, 0) is 59.9 Å². The van der Waals surface area contributed by atoms with Gasteiger partial charge in [0.25, 0.3) is 0 Å². The van der Waals surface area contributed by atoms with E-state index in [0.717, 1.165) is 33.4 Å². The van der Waals surface area contributed by atoms with Gasteiger partial charge in [0, 0.05) is 28.0 Å². The number of nitrogens with one attached hydrogen (secondary N) is 2. The van der Waals surface area contributed by atoms with Crippen molar-refractivity contribution in [1.29, 1.82) is 0 Å². The summed E-state index contributed by atoms with van der Waals surface area (Å²) >= 11 is 0. The molecule has 0 saturated heterocycles. The van der Waals surface area contributed by atoms with Gasteiger partial charge in [0.2, 0.25) is 0 Å². The molecule has 0 amide bonds. The Balaban J connectivity index is 1.76. The number of anilines is 1. The fourth-order valence-electron chi connectivity index (χ4n) is 5.43. The lowest BCUT2D eigenvalue weighted by Crippen LogP contribution is -2.49. The Morgan fingerprint density at radius 1 is 1.04 bits per heavy atom. The van der Waals surface area contributed by atoms with Crippen molar-refractivity contribution in [3.63, 3.8) is 0 Å². The molecule has 0 radical (unpaired) electrons. The van der Waals surface area contributed by atoms with Gasteiger partial charge in [-0.1, -0.05) is 39.3 Å². The summed E-state index contributed by atoms with van der Waals surface area (Å²) in [7, 11) is 0. The van der Waals surface area contributed by atoms with E-state index in [-0.39, 0.29) is 10.8 Å². The standard InChI is InChI=1S/C23H26N2O/c1-13-8-9-16-20(10-13)25-21-11-15-19(12-17(21)23(16,2)3)24-18-7-5-4-6-14(18)22(15)26/h4-7,11-13,16,20,25H,8-10H2,1-3H3,(H,24,26). The fraction of sp³-hybridized carbons (Fsp3) is 0.435. The molecule has 1 aliphatic carbocycles. The molecule has 26 heavy (non-hydrogen) atoms. The highest BCUT2D eigenvalue weighted by atomic mass is 16.1. The van der Waals surface area contributed by atoms with Gasteiger partial charge in [-0.15, -0.1) is 0 Å². The lowest BCUT2D eigenvalue weighted by atomic mass is 9.61. The lowest BCUT2D eigenvalue weighted by Gasteiger charge is -2.50. The largest absolute Gasteiger partial charge is 0.382 e. The number of fused-ring (bicyclic) bond motifs is 4. The summed E-state index contributed by atoms with van der Waals surface area (Å²) in [5.41, 5.74) is 4.59. The highest BCUT2D eigenvalue weighted by Gasteiger charge is 2.44. The van der Waals surface area contributed by atoms with E-state index in [9.17, 15) is 4.79 Å². The van der Waals surface area contributed by atoms with Gasteiger partial charge >= 0.3 is 0 Å². The molecule has 1 aliphatic heterocycles. The molecular weight excluding hydrogens is 320 g/mol. The van der Waals surface area contributed by atoms with E-state index < -0.39 is 0 Å². The third-order valence-corrected chi connectivity index (χ3v) is 6.92. The van der Waals surface area contributed by atoms with E-state index in [4.69, 9.17) is 0 Å². The molecule has 1 fully saturated rings. The number of pyridine rings is 1. The Kier molecular flexibility index (Phi) is 3.28. The first-order valence-corrected chi connectivity index (χ1v) is 9.81. The second kappa shape index (κ2) is 5.35. The summed E-state index contributed by atoms with van der Waals surface area (Å²) in [6, 6.07) is 12.6. The number of para-hydroxylation sites is 1. The minimum absolute atomic E-state index is 0.113. The third-order valence-electron chi connectivity index (χ3n) is 6.92. The molecule has 134 valence electrons. The number of rotatable bonds is 0.